The average molecular weight is 431 g/mol. The minimum absolute atomic E-state index is 0.0503. The molecule has 0 saturated carbocycles. The van der Waals surface area contributed by atoms with Crippen molar-refractivity contribution in [2.45, 2.75) is 11.8 Å². The number of hydrogen-bond donors (Lipinski definition) is 1. The molecule has 9 heteroatoms. The lowest BCUT2D eigenvalue weighted by molar-refractivity contribution is -0.115. The average Bonchev–Trinajstić information content (AvgIpc) is 3.23. The molecule has 1 saturated heterocycles. The van der Waals surface area contributed by atoms with Crippen molar-refractivity contribution in [2.75, 3.05) is 5.75 Å². The zero-order chi connectivity index (χ0) is 19.9. The van der Waals surface area contributed by atoms with Gasteiger partial charge in [0.2, 0.25) is 0 Å². The number of carbonyl (C=O) groups is 1. The molecular formula is C19H14N2O4S3. The van der Waals surface area contributed by atoms with E-state index in [1.165, 1.54) is 11.8 Å². The van der Waals surface area contributed by atoms with Crippen LogP contribution in [0.2, 0.25) is 0 Å². The second-order valence-electron chi connectivity index (χ2n) is 6.03. The minimum Gasteiger partial charge on any atom is -0.456 e. The zero-order valence-corrected chi connectivity index (χ0v) is 17.1. The Morgan fingerprint density at radius 3 is 2.64 bits per heavy atom. The van der Waals surface area contributed by atoms with Gasteiger partial charge in [-0.3, -0.25) is 9.78 Å². The molecule has 3 aromatic rings. The van der Waals surface area contributed by atoms with Crippen molar-refractivity contribution in [1.29, 1.82) is 0 Å². The second-order valence-corrected chi connectivity index (χ2v) is 10.0. The number of fused-ring (bicyclic) bond motifs is 1. The summed E-state index contributed by atoms with van der Waals surface area (Å²) in [5.74, 6) is 0.313. The van der Waals surface area contributed by atoms with Gasteiger partial charge in [0.25, 0.3) is 5.91 Å². The van der Waals surface area contributed by atoms with Crippen LogP contribution in [0.15, 0.2) is 56.9 Å². The van der Waals surface area contributed by atoms with Crippen molar-refractivity contribution < 1.29 is 17.6 Å². The highest BCUT2D eigenvalue weighted by atomic mass is 32.2. The summed E-state index contributed by atoms with van der Waals surface area (Å²) in [5, 5.41) is 3.34. The highest BCUT2D eigenvalue weighted by molar-refractivity contribution is 8.26. The van der Waals surface area contributed by atoms with E-state index in [-0.39, 0.29) is 16.6 Å². The summed E-state index contributed by atoms with van der Waals surface area (Å²) in [5.41, 5.74) is 2.14. The highest BCUT2D eigenvalue weighted by Gasteiger charge is 2.23. The number of nitrogens with one attached hydrogen (secondary N) is 1. The molecule has 0 spiro atoms. The van der Waals surface area contributed by atoms with Crippen LogP contribution in [0.3, 0.4) is 0 Å². The monoisotopic (exact) mass is 430 g/mol. The van der Waals surface area contributed by atoms with Crippen molar-refractivity contribution in [3.63, 3.8) is 0 Å². The number of nitrogens with zero attached hydrogens (tertiary/aromatic N) is 1. The van der Waals surface area contributed by atoms with Crippen LogP contribution in [0, 0.1) is 0 Å². The number of sulfone groups is 1. The van der Waals surface area contributed by atoms with Gasteiger partial charge in [-0.25, -0.2) is 8.42 Å². The first-order valence-corrected chi connectivity index (χ1v) is 11.2. The van der Waals surface area contributed by atoms with E-state index in [4.69, 9.17) is 16.6 Å². The van der Waals surface area contributed by atoms with Gasteiger partial charge >= 0.3 is 0 Å². The molecule has 0 unspecified atom stereocenters. The molecular weight excluding hydrogens is 416 g/mol. The van der Waals surface area contributed by atoms with Gasteiger partial charge in [0.05, 0.1) is 15.6 Å². The molecule has 1 amide bonds. The van der Waals surface area contributed by atoms with Crippen LogP contribution in [0.4, 0.5) is 0 Å². The van der Waals surface area contributed by atoms with Crippen LogP contribution in [0.25, 0.3) is 28.2 Å². The molecule has 3 heterocycles. The molecule has 2 aromatic heterocycles. The van der Waals surface area contributed by atoms with E-state index >= 15 is 0 Å². The van der Waals surface area contributed by atoms with Crippen LogP contribution in [0.5, 0.6) is 0 Å². The number of hydrogen-bond acceptors (Lipinski definition) is 7. The molecule has 1 fully saturated rings. The molecule has 4 rings (SSSR count). The van der Waals surface area contributed by atoms with Gasteiger partial charge < -0.3 is 9.73 Å². The predicted molar refractivity (Wildman–Crippen MR) is 113 cm³/mol. The maximum atomic E-state index is 12.0. The summed E-state index contributed by atoms with van der Waals surface area (Å²) in [6.45, 7) is 1.61. The Hall–Kier alpha value is -2.49. The van der Waals surface area contributed by atoms with Crippen molar-refractivity contribution in [3.05, 3.63) is 53.4 Å². The lowest BCUT2D eigenvalue weighted by Crippen LogP contribution is -2.17. The Balaban J connectivity index is 1.75. The lowest BCUT2D eigenvalue weighted by Gasteiger charge is -2.05. The third-order valence-electron chi connectivity index (χ3n) is 4.26. The molecule has 1 aliphatic heterocycles. The number of rotatable bonds is 4. The molecule has 1 aromatic carbocycles. The third kappa shape index (κ3) is 3.48. The zero-order valence-electron chi connectivity index (χ0n) is 14.6. The Morgan fingerprint density at radius 1 is 1.25 bits per heavy atom. The molecule has 0 aliphatic carbocycles. The lowest BCUT2D eigenvalue weighted by atomic mass is 10.1. The molecule has 0 radical (unpaired) electrons. The number of furan rings is 1. The van der Waals surface area contributed by atoms with Crippen molar-refractivity contribution in [1.82, 2.24) is 10.3 Å². The van der Waals surface area contributed by atoms with Crippen LogP contribution in [-0.4, -0.2) is 29.4 Å². The summed E-state index contributed by atoms with van der Waals surface area (Å²) in [4.78, 5) is 16.8. The third-order valence-corrected chi connectivity index (χ3v) is 7.17. The minimum atomic E-state index is -3.26. The van der Waals surface area contributed by atoms with Crippen molar-refractivity contribution in [3.8, 4) is 11.1 Å². The Bertz CT molecular complexity index is 1240. The fourth-order valence-electron chi connectivity index (χ4n) is 2.82. The smallest absolute Gasteiger partial charge is 0.263 e. The fourth-order valence-corrected chi connectivity index (χ4v) is 4.73. The SMILES string of the molecule is CCS(=O)(=O)c1ccc(-c2cncc3cc(C=C4SC(=S)NC4=O)oc23)cc1. The van der Waals surface area contributed by atoms with Crippen molar-refractivity contribution in [2.24, 2.45) is 0 Å². The standard InChI is InChI=1S/C19H14N2O4S3/c1-2-28(23,24)14-5-3-11(4-6-14)15-10-20-9-12-7-13(25-17(12)15)8-16-18(22)21-19(26)27-16/h3-10H,2H2,1H3,(H,21,22,26). The number of thioether (sulfide) groups is 1. The summed E-state index contributed by atoms with van der Waals surface area (Å²) < 4.78 is 30.4. The second kappa shape index (κ2) is 7.16. The molecule has 0 bridgehead atoms. The summed E-state index contributed by atoms with van der Waals surface area (Å²) in [7, 11) is -3.26. The van der Waals surface area contributed by atoms with Gasteiger partial charge in [-0.15, -0.1) is 0 Å². The molecule has 28 heavy (non-hydrogen) atoms. The van der Waals surface area contributed by atoms with Gasteiger partial charge in [-0.2, -0.15) is 0 Å². The first kappa shape index (κ1) is 18.9. The Labute approximate surface area is 170 Å². The van der Waals surface area contributed by atoms with Gasteiger partial charge in [0.1, 0.15) is 15.7 Å². The van der Waals surface area contributed by atoms with Crippen LogP contribution in [0.1, 0.15) is 12.7 Å². The largest absolute Gasteiger partial charge is 0.456 e. The molecule has 0 atom stereocenters. The Morgan fingerprint density at radius 2 is 2.00 bits per heavy atom. The summed E-state index contributed by atoms with van der Waals surface area (Å²) in [6.07, 6.45) is 4.98. The van der Waals surface area contributed by atoms with Gasteiger partial charge in [-0.1, -0.05) is 43.0 Å². The van der Waals surface area contributed by atoms with Gasteiger partial charge in [0, 0.05) is 29.4 Å². The topological polar surface area (TPSA) is 89.3 Å². The van der Waals surface area contributed by atoms with E-state index in [0.29, 0.717) is 20.6 Å². The number of carbonyl (C=O) groups excluding carboxylic acids is 1. The quantitative estimate of drug-likeness (QED) is 0.498. The highest BCUT2D eigenvalue weighted by Crippen LogP contribution is 2.33. The van der Waals surface area contributed by atoms with E-state index in [2.05, 4.69) is 10.3 Å². The summed E-state index contributed by atoms with van der Waals surface area (Å²) in [6, 6.07) is 8.43. The molecule has 142 valence electrons. The Kier molecular flexibility index (Phi) is 4.82. The van der Waals surface area contributed by atoms with E-state index in [0.717, 1.165) is 16.5 Å². The molecule has 1 aliphatic rings. The number of aromatic nitrogens is 1. The molecule has 6 nitrogen and oxygen atoms in total. The number of pyridine rings is 1. The van der Waals surface area contributed by atoms with E-state index < -0.39 is 9.84 Å². The number of thiocarbonyl (C=S) groups is 1. The van der Waals surface area contributed by atoms with Crippen LogP contribution >= 0.6 is 24.0 Å². The normalized spacial score (nSPS) is 16.1. The van der Waals surface area contributed by atoms with E-state index in [1.54, 1.807) is 55.7 Å². The van der Waals surface area contributed by atoms with E-state index in [1.807, 2.05) is 0 Å². The van der Waals surface area contributed by atoms with Crippen molar-refractivity contribution >= 4 is 61.1 Å². The van der Waals surface area contributed by atoms with Gasteiger partial charge in [-0.05, 0) is 23.8 Å². The number of amides is 1. The maximum Gasteiger partial charge on any atom is 0.263 e. The first-order valence-electron chi connectivity index (χ1n) is 8.33. The molecule has 1 N–H and O–H groups in total. The van der Waals surface area contributed by atoms with Gasteiger partial charge in [0.15, 0.2) is 9.84 Å². The summed E-state index contributed by atoms with van der Waals surface area (Å²) >= 11 is 6.17. The predicted octanol–water partition coefficient (Wildman–Crippen LogP) is 3.78. The first-order chi connectivity index (χ1) is 13.4. The fraction of sp³-hybridized carbons (Fsp3) is 0.105. The maximum absolute atomic E-state index is 12.0. The van der Waals surface area contributed by atoms with Crippen LogP contribution < -0.4 is 5.32 Å². The van der Waals surface area contributed by atoms with Crippen LogP contribution in [-0.2, 0) is 14.6 Å². The number of benzene rings is 1. The van der Waals surface area contributed by atoms with E-state index in [9.17, 15) is 13.2 Å².